The zero-order chi connectivity index (χ0) is 17.8. The molecule has 0 atom stereocenters. The zero-order valence-electron chi connectivity index (χ0n) is 14.5. The highest BCUT2D eigenvalue weighted by Gasteiger charge is 2.24. The van der Waals surface area contributed by atoms with Gasteiger partial charge in [-0.2, -0.15) is 0 Å². The van der Waals surface area contributed by atoms with E-state index in [1.165, 1.54) is 4.90 Å². The Morgan fingerprint density at radius 1 is 1.12 bits per heavy atom. The van der Waals surface area contributed by atoms with Gasteiger partial charge in [-0.05, 0) is 47.9 Å². The number of benzene rings is 2. The van der Waals surface area contributed by atoms with E-state index in [1.54, 1.807) is 14.2 Å². The predicted octanol–water partition coefficient (Wildman–Crippen LogP) is 1.96. The van der Waals surface area contributed by atoms with Crippen molar-refractivity contribution in [1.82, 2.24) is 10.2 Å². The quantitative estimate of drug-likeness (QED) is 0.835. The standard InChI is InChI=1S/C19H22N2O4/c1-21(11-18(22)20-15-5-6-15)19(23)12-25-17-8-4-13-3-7-16(24-2)9-14(13)10-17/h3-4,7-10,15H,5-6,11-12H2,1-2H3,(H,20,22). The van der Waals surface area contributed by atoms with Crippen molar-refractivity contribution in [1.29, 1.82) is 0 Å². The molecule has 2 aromatic carbocycles. The molecule has 25 heavy (non-hydrogen) atoms. The summed E-state index contributed by atoms with van der Waals surface area (Å²) < 4.78 is 10.8. The third kappa shape index (κ3) is 4.62. The Morgan fingerprint density at radius 3 is 2.48 bits per heavy atom. The highest BCUT2D eigenvalue weighted by molar-refractivity contribution is 5.86. The summed E-state index contributed by atoms with van der Waals surface area (Å²) in [7, 11) is 3.22. The second-order valence-corrected chi connectivity index (χ2v) is 6.26. The molecule has 0 radical (unpaired) electrons. The first-order chi connectivity index (χ1) is 12.0. The first kappa shape index (κ1) is 17.1. The van der Waals surface area contributed by atoms with Gasteiger partial charge in [-0.3, -0.25) is 9.59 Å². The number of likely N-dealkylation sites (N-methyl/N-ethyl adjacent to an activating group) is 1. The van der Waals surface area contributed by atoms with Crippen LogP contribution in [0.3, 0.4) is 0 Å². The van der Waals surface area contributed by atoms with E-state index in [9.17, 15) is 9.59 Å². The monoisotopic (exact) mass is 342 g/mol. The highest BCUT2D eigenvalue weighted by atomic mass is 16.5. The first-order valence-corrected chi connectivity index (χ1v) is 8.29. The SMILES string of the molecule is COc1ccc2ccc(OCC(=O)N(C)CC(=O)NC3CC3)cc2c1. The van der Waals surface area contributed by atoms with Gasteiger partial charge < -0.3 is 19.7 Å². The fraction of sp³-hybridized carbons (Fsp3) is 0.368. The minimum atomic E-state index is -0.239. The van der Waals surface area contributed by atoms with Gasteiger partial charge in [0, 0.05) is 13.1 Å². The maximum Gasteiger partial charge on any atom is 0.260 e. The van der Waals surface area contributed by atoms with Gasteiger partial charge in [0.1, 0.15) is 11.5 Å². The van der Waals surface area contributed by atoms with Gasteiger partial charge in [0.15, 0.2) is 6.61 Å². The number of hydrogen-bond acceptors (Lipinski definition) is 4. The molecule has 132 valence electrons. The van der Waals surface area contributed by atoms with E-state index < -0.39 is 0 Å². The average molecular weight is 342 g/mol. The molecule has 0 spiro atoms. The summed E-state index contributed by atoms with van der Waals surface area (Å²) in [6.45, 7) is -0.0592. The van der Waals surface area contributed by atoms with Gasteiger partial charge in [-0.1, -0.05) is 12.1 Å². The number of amides is 2. The normalized spacial score (nSPS) is 13.4. The molecule has 0 saturated heterocycles. The van der Waals surface area contributed by atoms with Gasteiger partial charge in [0.05, 0.1) is 13.7 Å². The number of rotatable bonds is 7. The molecule has 3 rings (SSSR count). The van der Waals surface area contributed by atoms with Crippen LogP contribution in [0, 0.1) is 0 Å². The average Bonchev–Trinajstić information content (AvgIpc) is 3.42. The fourth-order valence-electron chi connectivity index (χ4n) is 2.48. The van der Waals surface area contributed by atoms with Gasteiger partial charge in [-0.15, -0.1) is 0 Å². The van der Waals surface area contributed by atoms with E-state index in [1.807, 2.05) is 36.4 Å². The summed E-state index contributed by atoms with van der Waals surface area (Å²) in [5, 5.41) is 4.90. The first-order valence-electron chi connectivity index (χ1n) is 8.29. The lowest BCUT2D eigenvalue weighted by atomic mass is 10.1. The van der Waals surface area contributed by atoms with Crippen LogP contribution in [-0.4, -0.2) is 50.1 Å². The second kappa shape index (κ2) is 7.42. The van der Waals surface area contributed by atoms with Crippen molar-refractivity contribution in [3.8, 4) is 11.5 Å². The molecule has 0 aromatic heterocycles. The lowest BCUT2D eigenvalue weighted by molar-refractivity contribution is -0.136. The summed E-state index contributed by atoms with van der Waals surface area (Å²) in [4.78, 5) is 25.2. The number of ether oxygens (including phenoxy) is 2. The van der Waals surface area contributed by atoms with Crippen molar-refractivity contribution in [2.24, 2.45) is 0 Å². The predicted molar refractivity (Wildman–Crippen MR) is 94.8 cm³/mol. The Labute approximate surface area is 146 Å². The Balaban J connectivity index is 1.55. The molecule has 0 bridgehead atoms. The molecule has 1 aliphatic carbocycles. The van der Waals surface area contributed by atoms with E-state index in [0.29, 0.717) is 11.8 Å². The third-order valence-corrected chi connectivity index (χ3v) is 4.13. The smallest absolute Gasteiger partial charge is 0.260 e. The summed E-state index contributed by atoms with van der Waals surface area (Å²) >= 11 is 0. The van der Waals surface area contributed by atoms with E-state index in [2.05, 4.69) is 5.32 Å². The minimum absolute atomic E-state index is 0.0492. The third-order valence-electron chi connectivity index (χ3n) is 4.13. The lowest BCUT2D eigenvalue weighted by Gasteiger charge is -2.17. The Kier molecular flexibility index (Phi) is 5.07. The number of nitrogens with one attached hydrogen (secondary N) is 1. The van der Waals surface area contributed by atoms with Crippen molar-refractivity contribution >= 4 is 22.6 Å². The van der Waals surface area contributed by atoms with E-state index in [4.69, 9.17) is 9.47 Å². The molecule has 1 saturated carbocycles. The molecule has 0 heterocycles. The largest absolute Gasteiger partial charge is 0.497 e. The van der Waals surface area contributed by atoms with Crippen molar-refractivity contribution in [3.63, 3.8) is 0 Å². The van der Waals surface area contributed by atoms with E-state index >= 15 is 0 Å². The number of hydrogen-bond donors (Lipinski definition) is 1. The Hall–Kier alpha value is -2.76. The number of carbonyl (C=O) groups excluding carboxylic acids is 2. The molecule has 2 amide bonds. The molecule has 6 heteroatoms. The van der Waals surface area contributed by atoms with Crippen molar-refractivity contribution in [2.75, 3.05) is 27.3 Å². The molecule has 0 aliphatic heterocycles. The maximum atomic E-state index is 12.1. The summed E-state index contributed by atoms with van der Waals surface area (Å²) in [5.41, 5.74) is 0. The van der Waals surface area contributed by atoms with Crippen molar-refractivity contribution in [2.45, 2.75) is 18.9 Å². The van der Waals surface area contributed by atoms with Crippen LogP contribution < -0.4 is 14.8 Å². The van der Waals surface area contributed by atoms with Crippen LogP contribution in [0.25, 0.3) is 10.8 Å². The van der Waals surface area contributed by atoms with Gasteiger partial charge in [-0.25, -0.2) is 0 Å². The van der Waals surface area contributed by atoms with Gasteiger partial charge >= 0.3 is 0 Å². The molecule has 1 aliphatic rings. The molecular weight excluding hydrogens is 320 g/mol. The van der Waals surface area contributed by atoms with Crippen LogP contribution in [0.4, 0.5) is 0 Å². The van der Waals surface area contributed by atoms with Crippen LogP contribution in [0.5, 0.6) is 11.5 Å². The van der Waals surface area contributed by atoms with Crippen molar-refractivity contribution in [3.05, 3.63) is 36.4 Å². The lowest BCUT2D eigenvalue weighted by Crippen LogP contribution is -2.40. The van der Waals surface area contributed by atoms with Crippen LogP contribution in [-0.2, 0) is 9.59 Å². The number of nitrogens with zero attached hydrogens (tertiary/aromatic N) is 1. The molecular formula is C19H22N2O4. The van der Waals surface area contributed by atoms with Crippen LogP contribution in [0.15, 0.2) is 36.4 Å². The van der Waals surface area contributed by atoms with Gasteiger partial charge in [0.2, 0.25) is 5.91 Å². The molecule has 6 nitrogen and oxygen atoms in total. The number of methoxy groups -OCH3 is 1. The second-order valence-electron chi connectivity index (χ2n) is 6.26. The molecule has 1 N–H and O–H groups in total. The summed E-state index contributed by atoms with van der Waals surface area (Å²) in [6, 6.07) is 11.7. The van der Waals surface area contributed by atoms with Crippen LogP contribution >= 0.6 is 0 Å². The number of fused-ring (bicyclic) bond motifs is 1. The molecule has 1 fully saturated rings. The Morgan fingerprint density at radius 2 is 1.80 bits per heavy atom. The van der Waals surface area contributed by atoms with Crippen LogP contribution in [0.2, 0.25) is 0 Å². The summed E-state index contributed by atoms with van der Waals surface area (Å²) in [6.07, 6.45) is 2.05. The zero-order valence-corrected chi connectivity index (χ0v) is 14.5. The minimum Gasteiger partial charge on any atom is -0.497 e. The maximum absolute atomic E-state index is 12.1. The molecule has 0 unspecified atom stereocenters. The summed E-state index contributed by atoms with van der Waals surface area (Å²) in [5.74, 6) is 1.000. The topological polar surface area (TPSA) is 67.9 Å². The Bertz CT molecular complexity index is 786. The van der Waals surface area contributed by atoms with Crippen molar-refractivity contribution < 1.29 is 19.1 Å². The fourth-order valence-corrected chi connectivity index (χ4v) is 2.48. The van der Waals surface area contributed by atoms with E-state index in [-0.39, 0.29) is 25.0 Å². The molecule has 2 aromatic rings. The van der Waals surface area contributed by atoms with E-state index in [0.717, 1.165) is 29.4 Å². The highest BCUT2D eigenvalue weighted by Crippen LogP contribution is 2.25. The number of carbonyl (C=O) groups is 2. The van der Waals surface area contributed by atoms with Crippen LogP contribution in [0.1, 0.15) is 12.8 Å². The van der Waals surface area contributed by atoms with Gasteiger partial charge in [0.25, 0.3) is 5.91 Å².